The molecular weight excluding hydrogens is 335 g/mol. The minimum Gasteiger partial charge on any atom is -0.200 e. The summed E-state index contributed by atoms with van der Waals surface area (Å²) in [7, 11) is 0. The van der Waals surface area contributed by atoms with Gasteiger partial charge in [-0.15, -0.1) is 0 Å². The molecule has 0 bridgehead atoms. The van der Waals surface area contributed by atoms with Crippen molar-refractivity contribution < 1.29 is 13.5 Å². The zero-order valence-corrected chi connectivity index (χ0v) is 15.4. The third-order valence-corrected chi connectivity index (χ3v) is 4.84. The Bertz CT molecular complexity index is 1100. The number of benzene rings is 2. The number of halogens is 1. The highest BCUT2D eigenvalue weighted by atomic mass is 19.1. The van der Waals surface area contributed by atoms with Gasteiger partial charge in [0.2, 0.25) is 17.6 Å². The summed E-state index contributed by atoms with van der Waals surface area (Å²) in [4.78, 5) is 0. The lowest BCUT2D eigenvalue weighted by Gasteiger charge is -2.04. The molecule has 4 aromatic rings. The van der Waals surface area contributed by atoms with Crippen LogP contribution in [0.2, 0.25) is 0 Å². The molecule has 2 aromatic heterocycles. The maximum atomic E-state index is 14.8. The van der Waals surface area contributed by atoms with Gasteiger partial charge in [0.05, 0.1) is 0 Å². The summed E-state index contributed by atoms with van der Waals surface area (Å²) >= 11 is 0. The number of hydrogen-bond acceptors (Lipinski definition) is 0. The summed E-state index contributed by atoms with van der Waals surface area (Å²) in [5.41, 5.74) is 5.85. The summed E-state index contributed by atoms with van der Waals surface area (Å²) in [6, 6.07) is 21.9. The minimum absolute atomic E-state index is 0.241. The minimum atomic E-state index is -0.241. The van der Waals surface area contributed by atoms with E-state index in [0.29, 0.717) is 5.56 Å². The summed E-state index contributed by atoms with van der Waals surface area (Å²) in [5.74, 6) is -0.241. The van der Waals surface area contributed by atoms with E-state index in [0.717, 1.165) is 22.5 Å². The molecule has 0 saturated heterocycles. The Balaban J connectivity index is 1.68. The van der Waals surface area contributed by atoms with Gasteiger partial charge in [-0.1, -0.05) is 36.4 Å². The molecule has 0 radical (unpaired) electrons. The average Bonchev–Trinajstić information content (AvgIpc) is 2.69. The highest BCUT2D eigenvalue weighted by Gasteiger charge is 2.16. The van der Waals surface area contributed by atoms with E-state index in [1.165, 1.54) is 5.56 Å². The molecule has 132 valence electrons. The van der Waals surface area contributed by atoms with E-state index < -0.39 is 0 Å². The lowest BCUT2D eigenvalue weighted by atomic mass is 10.1. The Labute approximate surface area is 158 Å². The SMILES string of the molecule is Cc1ccccc1-[n+]1ccc(-c2cc[n+](-c3ccccc3C)cc2F)cc1. The van der Waals surface area contributed by atoms with Crippen LogP contribution in [0.25, 0.3) is 22.5 Å². The van der Waals surface area contributed by atoms with E-state index in [1.807, 2.05) is 89.2 Å². The van der Waals surface area contributed by atoms with Gasteiger partial charge < -0.3 is 0 Å². The van der Waals surface area contributed by atoms with Crippen LogP contribution < -0.4 is 9.13 Å². The van der Waals surface area contributed by atoms with Gasteiger partial charge in [-0.25, -0.2) is 0 Å². The summed E-state index contributed by atoms with van der Waals surface area (Å²) in [5, 5.41) is 0. The van der Waals surface area contributed by atoms with Crippen LogP contribution in [0.3, 0.4) is 0 Å². The first kappa shape index (κ1) is 17.1. The molecule has 0 spiro atoms. The Hall–Kier alpha value is -3.33. The van der Waals surface area contributed by atoms with Crippen LogP contribution in [0.5, 0.6) is 0 Å². The van der Waals surface area contributed by atoms with Gasteiger partial charge in [0, 0.05) is 47.0 Å². The second-order valence-electron chi connectivity index (χ2n) is 6.68. The third-order valence-electron chi connectivity index (χ3n) is 4.84. The Morgan fingerprint density at radius 2 is 1.15 bits per heavy atom. The Morgan fingerprint density at radius 1 is 0.630 bits per heavy atom. The zero-order valence-electron chi connectivity index (χ0n) is 15.4. The van der Waals surface area contributed by atoms with E-state index in [9.17, 15) is 4.39 Å². The van der Waals surface area contributed by atoms with Gasteiger partial charge in [-0.2, -0.15) is 13.5 Å². The predicted octanol–water partition coefficient (Wildman–Crippen LogP) is 4.66. The lowest BCUT2D eigenvalue weighted by molar-refractivity contribution is -0.597. The Morgan fingerprint density at radius 3 is 1.70 bits per heavy atom. The number of para-hydroxylation sites is 2. The van der Waals surface area contributed by atoms with Crippen LogP contribution >= 0.6 is 0 Å². The van der Waals surface area contributed by atoms with Crippen molar-refractivity contribution in [3.8, 4) is 22.5 Å². The molecule has 0 N–H and O–H groups in total. The second kappa shape index (κ2) is 7.12. The first-order valence-electron chi connectivity index (χ1n) is 8.98. The number of pyridine rings is 2. The van der Waals surface area contributed by atoms with E-state index >= 15 is 0 Å². The summed E-state index contributed by atoms with van der Waals surface area (Å²) in [6.45, 7) is 4.10. The monoisotopic (exact) mass is 356 g/mol. The fraction of sp³-hybridized carbons (Fsp3) is 0.0833. The number of aryl methyl sites for hydroxylation is 2. The third kappa shape index (κ3) is 3.36. The average molecular weight is 356 g/mol. The van der Waals surface area contributed by atoms with E-state index in [1.54, 1.807) is 6.20 Å². The van der Waals surface area contributed by atoms with E-state index in [2.05, 4.69) is 19.1 Å². The van der Waals surface area contributed by atoms with Crippen molar-refractivity contribution >= 4 is 0 Å². The van der Waals surface area contributed by atoms with Crippen molar-refractivity contribution in [1.29, 1.82) is 0 Å². The number of nitrogens with zero attached hydrogens (tertiary/aromatic N) is 2. The molecule has 2 nitrogen and oxygen atoms in total. The van der Waals surface area contributed by atoms with Crippen LogP contribution in [0.4, 0.5) is 4.39 Å². The second-order valence-corrected chi connectivity index (χ2v) is 6.68. The smallest absolute Gasteiger partial charge is 0.200 e. The van der Waals surface area contributed by atoms with Crippen molar-refractivity contribution in [2.24, 2.45) is 0 Å². The molecule has 0 aliphatic heterocycles. The van der Waals surface area contributed by atoms with Crippen LogP contribution in [-0.4, -0.2) is 0 Å². The lowest BCUT2D eigenvalue weighted by Crippen LogP contribution is -2.31. The zero-order chi connectivity index (χ0) is 18.8. The van der Waals surface area contributed by atoms with Crippen molar-refractivity contribution in [1.82, 2.24) is 0 Å². The quantitative estimate of drug-likeness (QED) is 0.472. The molecular formula is C24H21FN2+2. The molecule has 0 amide bonds. The number of rotatable bonds is 3. The van der Waals surface area contributed by atoms with Crippen LogP contribution in [0.1, 0.15) is 11.1 Å². The molecule has 0 unspecified atom stereocenters. The number of aromatic nitrogens is 2. The molecule has 0 fully saturated rings. The highest BCUT2D eigenvalue weighted by molar-refractivity contribution is 5.62. The summed E-state index contributed by atoms with van der Waals surface area (Å²) < 4.78 is 18.7. The molecule has 2 heterocycles. The molecule has 0 atom stereocenters. The standard InChI is InChI=1S/C24H21FN2/c1-18-7-3-5-9-23(18)26-14-11-20(12-15-26)21-13-16-27(17-22(21)25)24-10-6-4-8-19(24)2/h3-17H,1-2H3/q+2. The molecule has 0 saturated carbocycles. The molecule has 4 rings (SSSR count). The molecule has 0 aliphatic rings. The Kier molecular flexibility index (Phi) is 4.51. The first-order chi connectivity index (χ1) is 13.1. The largest absolute Gasteiger partial charge is 0.213 e. The van der Waals surface area contributed by atoms with Gasteiger partial charge in [-0.05, 0) is 19.4 Å². The molecule has 0 aliphatic carbocycles. The maximum Gasteiger partial charge on any atom is 0.213 e. The fourth-order valence-electron chi connectivity index (χ4n) is 3.33. The van der Waals surface area contributed by atoms with Gasteiger partial charge >= 0.3 is 0 Å². The molecule has 27 heavy (non-hydrogen) atoms. The van der Waals surface area contributed by atoms with Gasteiger partial charge in [0.1, 0.15) is 0 Å². The summed E-state index contributed by atoms with van der Waals surface area (Å²) in [6.07, 6.45) is 7.39. The fourth-order valence-corrected chi connectivity index (χ4v) is 3.33. The molecule has 3 heteroatoms. The normalized spacial score (nSPS) is 10.8. The van der Waals surface area contributed by atoms with Crippen LogP contribution in [0.15, 0.2) is 91.5 Å². The van der Waals surface area contributed by atoms with Gasteiger partial charge in [0.25, 0.3) is 0 Å². The van der Waals surface area contributed by atoms with Crippen LogP contribution in [0, 0.1) is 19.7 Å². The van der Waals surface area contributed by atoms with E-state index in [-0.39, 0.29) is 5.82 Å². The van der Waals surface area contributed by atoms with Crippen molar-refractivity contribution in [2.45, 2.75) is 13.8 Å². The first-order valence-corrected chi connectivity index (χ1v) is 8.98. The highest BCUT2D eigenvalue weighted by Crippen LogP contribution is 2.21. The van der Waals surface area contributed by atoms with E-state index in [4.69, 9.17) is 0 Å². The number of hydrogen-bond donors (Lipinski definition) is 0. The van der Waals surface area contributed by atoms with Gasteiger partial charge in [-0.3, -0.25) is 0 Å². The topological polar surface area (TPSA) is 7.76 Å². The van der Waals surface area contributed by atoms with Crippen molar-refractivity contribution in [3.63, 3.8) is 0 Å². The maximum absolute atomic E-state index is 14.8. The predicted molar refractivity (Wildman–Crippen MR) is 104 cm³/mol. The molecule has 2 aromatic carbocycles. The van der Waals surface area contributed by atoms with Crippen molar-refractivity contribution in [3.05, 3.63) is 108 Å². The van der Waals surface area contributed by atoms with Crippen LogP contribution in [-0.2, 0) is 0 Å². The van der Waals surface area contributed by atoms with Crippen molar-refractivity contribution in [2.75, 3.05) is 0 Å². The van der Waals surface area contributed by atoms with Gasteiger partial charge in [0.15, 0.2) is 24.4 Å².